The minimum atomic E-state index is -4.75. The standard InChI is InChI=1S/C22H24F3N3O/c1-15(2)14-19(27)21(29)28(13-12-26)20(22(23,24)25)18-10-8-17(9-11-18)16-6-4-3-5-7-16/h3-11,15,19-20H,13-14,27H2,1-2H3/t19-,20-/m0/s1. The van der Waals surface area contributed by atoms with Crippen LogP contribution in [0.25, 0.3) is 11.1 Å². The molecule has 0 aromatic heterocycles. The number of nitrogens with zero attached hydrogens (tertiary/aromatic N) is 2. The Morgan fingerprint density at radius 3 is 2.10 bits per heavy atom. The van der Waals surface area contributed by atoms with Crippen LogP contribution in [0.2, 0.25) is 0 Å². The first kappa shape index (κ1) is 22.4. The van der Waals surface area contributed by atoms with Crippen molar-refractivity contribution in [2.75, 3.05) is 6.54 Å². The van der Waals surface area contributed by atoms with Crippen LogP contribution in [-0.4, -0.2) is 29.6 Å². The molecule has 2 atom stereocenters. The largest absolute Gasteiger partial charge is 0.413 e. The topological polar surface area (TPSA) is 70.1 Å². The van der Waals surface area contributed by atoms with Gasteiger partial charge in [-0.25, -0.2) is 0 Å². The van der Waals surface area contributed by atoms with Gasteiger partial charge in [0.2, 0.25) is 5.91 Å². The summed E-state index contributed by atoms with van der Waals surface area (Å²) in [6.07, 6.45) is -4.52. The molecule has 0 heterocycles. The number of hydrogen-bond acceptors (Lipinski definition) is 3. The fourth-order valence-corrected chi connectivity index (χ4v) is 3.23. The number of nitriles is 1. The number of carbonyl (C=O) groups is 1. The van der Waals surface area contributed by atoms with Gasteiger partial charge in [-0.2, -0.15) is 18.4 Å². The van der Waals surface area contributed by atoms with Gasteiger partial charge < -0.3 is 10.6 Å². The first-order valence-electron chi connectivity index (χ1n) is 9.30. The Morgan fingerprint density at radius 2 is 1.62 bits per heavy atom. The molecule has 2 N–H and O–H groups in total. The zero-order valence-electron chi connectivity index (χ0n) is 16.4. The van der Waals surface area contributed by atoms with E-state index in [1.165, 1.54) is 12.1 Å². The van der Waals surface area contributed by atoms with Gasteiger partial charge in [-0.15, -0.1) is 0 Å². The summed E-state index contributed by atoms with van der Waals surface area (Å²) in [5, 5.41) is 9.05. The predicted molar refractivity (Wildman–Crippen MR) is 105 cm³/mol. The molecule has 0 aliphatic rings. The maximum Gasteiger partial charge on any atom is 0.413 e. The highest BCUT2D eigenvalue weighted by Crippen LogP contribution is 2.38. The van der Waals surface area contributed by atoms with Gasteiger partial charge in [-0.3, -0.25) is 4.79 Å². The van der Waals surface area contributed by atoms with Crippen LogP contribution in [0.15, 0.2) is 54.6 Å². The van der Waals surface area contributed by atoms with Crippen LogP contribution in [0, 0.1) is 17.2 Å². The lowest BCUT2D eigenvalue weighted by Gasteiger charge is -2.33. The number of nitrogens with two attached hydrogens (primary N) is 1. The molecule has 154 valence electrons. The summed E-state index contributed by atoms with van der Waals surface area (Å²) in [4.78, 5) is 13.2. The van der Waals surface area contributed by atoms with Gasteiger partial charge in [-0.1, -0.05) is 68.4 Å². The molecule has 0 bridgehead atoms. The molecule has 2 aromatic carbocycles. The number of rotatable bonds is 7. The molecule has 0 saturated heterocycles. The molecule has 29 heavy (non-hydrogen) atoms. The lowest BCUT2D eigenvalue weighted by Crippen LogP contribution is -2.49. The van der Waals surface area contributed by atoms with Crippen molar-refractivity contribution in [2.45, 2.75) is 38.5 Å². The van der Waals surface area contributed by atoms with Gasteiger partial charge in [0.15, 0.2) is 6.04 Å². The quantitative estimate of drug-likeness (QED) is 0.682. The predicted octanol–water partition coefficient (Wildman–Crippen LogP) is 4.68. The fourth-order valence-electron chi connectivity index (χ4n) is 3.23. The Bertz CT molecular complexity index is 842. The molecule has 1 amide bonds. The molecule has 0 spiro atoms. The summed E-state index contributed by atoms with van der Waals surface area (Å²) in [6.45, 7) is 2.95. The number of amides is 1. The van der Waals surface area contributed by atoms with Crippen LogP contribution >= 0.6 is 0 Å². The van der Waals surface area contributed by atoms with Crippen LogP contribution < -0.4 is 5.73 Å². The maximum atomic E-state index is 13.9. The van der Waals surface area contributed by atoms with E-state index in [1.807, 2.05) is 44.2 Å². The number of carbonyl (C=O) groups excluding carboxylic acids is 1. The molecule has 4 nitrogen and oxygen atoms in total. The van der Waals surface area contributed by atoms with E-state index >= 15 is 0 Å². The van der Waals surface area contributed by atoms with Crippen molar-refractivity contribution in [3.05, 3.63) is 60.2 Å². The Morgan fingerprint density at radius 1 is 1.07 bits per heavy atom. The van der Waals surface area contributed by atoms with Crippen molar-refractivity contribution in [3.63, 3.8) is 0 Å². The molecule has 0 saturated carbocycles. The third-order valence-corrected chi connectivity index (χ3v) is 4.52. The van der Waals surface area contributed by atoms with Crippen LogP contribution in [0.5, 0.6) is 0 Å². The molecule has 2 rings (SSSR count). The summed E-state index contributed by atoms with van der Waals surface area (Å²) >= 11 is 0. The van der Waals surface area contributed by atoms with E-state index in [0.29, 0.717) is 4.90 Å². The summed E-state index contributed by atoms with van der Waals surface area (Å²) in [7, 11) is 0. The van der Waals surface area contributed by atoms with E-state index < -0.39 is 30.7 Å². The monoisotopic (exact) mass is 403 g/mol. The zero-order valence-corrected chi connectivity index (χ0v) is 16.4. The van der Waals surface area contributed by atoms with Gasteiger partial charge in [0.1, 0.15) is 6.54 Å². The van der Waals surface area contributed by atoms with Crippen molar-refractivity contribution < 1.29 is 18.0 Å². The smallest absolute Gasteiger partial charge is 0.320 e. The SMILES string of the molecule is CC(C)C[C@H](N)C(=O)N(CC#N)[C@@H](c1ccc(-c2ccccc2)cc1)C(F)(F)F. The second kappa shape index (κ2) is 9.57. The molecule has 7 heteroatoms. The second-order valence-electron chi connectivity index (χ2n) is 7.29. The fraction of sp³-hybridized carbons (Fsp3) is 0.364. The lowest BCUT2D eigenvalue weighted by molar-refractivity contribution is -0.191. The van der Waals surface area contributed by atoms with E-state index in [0.717, 1.165) is 11.1 Å². The van der Waals surface area contributed by atoms with E-state index in [-0.39, 0.29) is 17.9 Å². The van der Waals surface area contributed by atoms with E-state index in [9.17, 15) is 18.0 Å². The number of halogens is 3. The third-order valence-electron chi connectivity index (χ3n) is 4.52. The van der Waals surface area contributed by atoms with Gasteiger partial charge in [0.25, 0.3) is 0 Å². The number of benzene rings is 2. The first-order valence-corrected chi connectivity index (χ1v) is 9.30. The molecule has 0 fully saturated rings. The van der Waals surface area contributed by atoms with Gasteiger partial charge >= 0.3 is 6.18 Å². The summed E-state index contributed by atoms with van der Waals surface area (Å²) < 4.78 is 41.8. The Kier molecular flexibility index (Phi) is 7.40. The summed E-state index contributed by atoms with van der Waals surface area (Å²) in [5.41, 5.74) is 7.35. The second-order valence-corrected chi connectivity index (χ2v) is 7.29. The Balaban J connectivity index is 2.41. The van der Waals surface area contributed by atoms with Crippen molar-refractivity contribution in [1.29, 1.82) is 5.26 Å². The minimum Gasteiger partial charge on any atom is -0.320 e. The highest BCUT2D eigenvalue weighted by molar-refractivity contribution is 5.82. The van der Waals surface area contributed by atoms with E-state index in [1.54, 1.807) is 18.2 Å². The van der Waals surface area contributed by atoms with Gasteiger partial charge in [0, 0.05) is 0 Å². The highest BCUT2D eigenvalue weighted by Gasteiger charge is 2.47. The van der Waals surface area contributed by atoms with Crippen LogP contribution in [0.1, 0.15) is 31.9 Å². The van der Waals surface area contributed by atoms with E-state index in [4.69, 9.17) is 11.0 Å². The molecule has 0 aliphatic carbocycles. The van der Waals surface area contributed by atoms with Crippen LogP contribution in [0.3, 0.4) is 0 Å². The number of hydrogen-bond donors (Lipinski definition) is 1. The number of alkyl halides is 3. The summed E-state index contributed by atoms with van der Waals surface area (Å²) in [6, 6.07) is 13.4. The van der Waals surface area contributed by atoms with E-state index in [2.05, 4.69) is 0 Å². The molecular formula is C22H24F3N3O. The average molecular weight is 403 g/mol. The highest BCUT2D eigenvalue weighted by atomic mass is 19.4. The van der Waals surface area contributed by atoms with Crippen LogP contribution in [0.4, 0.5) is 13.2 Å². The zero-order chi connectivity index (χ0) is 21.6. The molecular weight excluding hydrogens is 379 g/mol. The third kappa shape index (κ3) is 5.81. The first-order chi connectivity index (χ1) is 13.6. The Labute approximate surface area is 168 Å². The molecule has 2 aromatic rings. The Hall–Kier alpha value is -2.85. The average Bonchev–Trinajstić information content (AvgIpc) is 2.66. The maximum absolute atomic E-state index is 13.9. The van der Waals surface area contributed by atoms with Crippen molar-refractivity contribution in [2.24, 2.45) is 11.7 Å². The normalized spacial score (nSPS) is 13.6. The van der Waals surface area contributed by atoms with Gasteiger partial charge in [-0.05, 0) is 29.0 Å². The van der Waals surface area contributed by atoms with Gasteiger partial charge in [0.05, 0.1) is 12.1 Å². The molecule has 0 aliphatic heterocycles. The van der Waals surface area contributed by atoms with Crippen molar-refractivity contribution >= 4 is 5.91 Å². The molecule has 0 unspecified atom stereocenters. The molecule has 0 radical (unpaired) electrons. The van der Waals surface area contributed by atoms with Crippen molar-refractivity contribution in [1.82, 2.24) is 4.90 Å². The summed E-state index contributed by atoms with van der Waals surface area (Å²) in [5.74, 6) is -0.845. The minimum absolute atomic E-state index is 0.0346. The van der Waals surface area contributed by atoms with Crippen LogP contribution in [-0.2, 0) is 4.79 Å². The van der Waals surface area contributed by atoms with Crippen molar-refractivity contribution in [3.8, 4) is 17.2 Å². The lowest BCUT2D eigenvalue weighted by atomic mass is 9.98.